The number of carbonyl (C=O) groups excluding carboxylic acids is 1. The maximum absolute atomic E-state index is 12.1. The van der Waals surface area contributed by atoms with Gasteiger partial charge in [0.2, 0.25) is 5.91 Å². The molecular weight excluding hydrogens is 304 g/mol. The minimum atomic E-state index is -0.0100. The largest absolute Gasteiger partial charge is 0.351 e. The summed E-state index contributed by atoms with van der Waals surface area (Å²) in [5.74, 6) is 1.93. The Labute approximate surface area is 140 Å². The number of likely N-dealkylation sites (tertiary alicyclic amines) is 1. The van der Waals surface area contributed by atoms with Gasteiger partial charge in [0.1, 0.15) is 5.82 Å². The van der Waals surface area contributed by atoms with Crippen molar-refractivity contribution in [2.45, 2.75) is 25.8 Å². The van der Waals surface area contributed by atoms with Gasteiger partial charge in [-0.3, -0.25) is 14.8 Å². The molecule has 0 aliphatic carbocycles. The molecule has 0 radical (unpaired) electrons. The summed E-state index contributed by atoms with van der Waals surface area (Å²) in [6.07, 6.45) is 0.967. The van der Waals surface area contributed by atoms with E-state index in [1.54, 1.807) is 12.1 Å². The topological polar surface area (TPSA) is 97.7 Å². The number of hydrogen-bond donors (Lipinski definition) is 2. The first-order valence-corrected chi connectivity index (χ1v) is 8.01. The molecule has 1 unspecified atom stereocenters. The number of nitrogens with zero attached hydrogens (tertiary/aromatic N) is 4. The summed E-state index contributed by atoms with van der Waals surface area (Å²) in [6.45, 7) is 4.37. The molecule has 124 valence electrons. The normalized spacial score (nSPS) is 17.6. The summed E-state index contributed by atoms with van der Waals surface area (Å²) in [6, 6.07) is 9.37. The highest BCUT2D eigenvalue weighted by Gasteiger charge is 2.27. The van der Waals surface area contributed by atoms with Crippen molar-refractivity contribution in [2.75, 3.05) is 19.6 Å². The molecule has 1 aromatic heterocycles. The highest BCUT2D eigenvalue weighted by atomic mass is 16.2. The van der Waals surface area contributed by atoms with Gasteiger partial charge in [0, 0.05) is 19.0 Å². The van der Waals surface area contributed by atoms with Crippen molar-refractivity contribution in [2.24, 2.45) is 0 Å². The van der Waals surface area contributed by atoms with E-state index in [4.69, 9.17) is 5.26 Å². The van der Waals surface area contributed by atoms with Gasteiger partial charge in [-0.25, -0.2) is 4.98 Å². The van der Waals surface area contributed by atoms with Crippen LogP contribution in [0.4, 0.5) is 0 Å². The first kappa shape index (κ1) is 16.1. The maximum Gasteiger partial charge on any atom is 0.234 e. The van der Waals surface area contributed by atoms with Crippen LogP contribution in [0, 0.1) is 18.3 Å². The Balaban J connectivity index is 1.46. The van der Waals surface area contributed by atoms with Gasteiger partial charge >= 0.3 is 0 Å². The molecular formula is C17H20N6O. The number of H-pyrrole nitrogens is 1. The van der Waals surface area contributed by atoms with Gasteiger partial charge in [-0.2, -0.15) is 10.4 Å². The van der Waals surface area contributed by atoms with E-state index in [1.807, 2.05) is 19.1 Å². The van der Waals surface area contributed by atoms with Gasteiger partial charge in [-0.15, -0.1) is 0 Å². The number of aromatic nitrogens is 3. The van der Waals surface area contributed by atoms with Crippen LogP contribution in [0.1, 0.15) is 35.1 Å². The fraction of sp³-hybridized carbons (Fsp3) is 0.412. The van der Waals surface area contributed by atoms with Gasteiger partial charge in [-0.1, -0.05) is 12.1 Å². The lowest BCUT2D eigenvalue weighted by Crippen LogP contribution is -2.35. The van der Waals surface area contributed by atoms with Crippen molar-refractivity contribution in [3.05, 3.63) is 47.0 Å². The van der Waals surface area contributed by atoms with Crippen LogP contribution >= 0.6 is 0 Å². The monoisotopic (exact) mass is 324 g/mol. The van der Waals surface area contributed by atoms with Crippen molar-refractivity contribution < 1.29 is 4.79 Å². The molecule has 2 heterocycles. The Morgan fingerprint density at radius 3 is 3.17 bits per heavy atom. The van der Waals surface area contributed by atoms with Crippen molar-refractivity contribution in [3.8, 4) is 6.07 Å². The highest BCUT2D eigenvalue weighted by molar-refractivity contribution is 5.78. The van der Waals surface area contributed by atoms with Crippen LogP contribution in [0.25, 0.3) is 0 Å². The number of carbonyl (C=O) groups is 1. The minimum absolute atomic E-state index is 0.0100. The van der Waals surface area contributed by atoms with Crippen LogP contribution < -0.4 is 5.32 Å². The molecule has 1 atom stereocenters. The molecule has 3 rings (SSSR count). The third kappa shape index (κ3) is 3.97. The molecule has 1 saturated heterocycles. The summed E-state index contributed by atoms with van der Waals surface area (Å²) < 4.78 is 0. The summed E-state index contributed by atoms with van der Waals surface area (Å²) in [5, 5.41) is 18.9. The maximum atomic E-state index is 12.1. The molecule has 2 aromatic rings. The molecule has 2 N–H and O–H groups in total. The Hall–Kier alpha value is -2.72. The molecule has 1 amide bonds. The first-order valence-electron chi connectivity index (χ1n) is 8.01. The predicted octanol–water partition coefficient (Wildman–Crippen LogP) is 1.09. The zero-order valence-corrected chi connectivity index (χ0v) is 13.6. The number of hydrogen-bond acceptors (Lipinski definition) is 5. The van der Waals surface area contributed by atoms with Gasteiger partial charge in [-0.05, 0) is 37.6 Å². The lowest BCUT2D eigenvalue weighted by atomic mass is 10.1. The molecule has 0 bridgehead atoms. The van der Waals surface area contributed by atoms with Gasteiger partial charge in [0.25, 0.3) is 0 Å². The second-order valence-electron chi connectivity index (χ2n) is 6.09. The summed E-state index contributed by atoms with van der Waals surface area (Å²) in [5.41, 5.74) is 1.53. The van der Waals surface area contributed by atoms with E-state index in [9.17, 15) is 4.79 Å². The minimum Gasteiger partial charge on any atom is -0.351 e. The van der Waals surface area contributed by atoms with E-state index >= 15 is 0 Å². The number of benzene rings is 1. The van der Waals surface area contributed by atoms with Crippen LogP contribution in [0.2, 0.25) is 0 Å². The number of nitriles is 1. The predicted molar refractivity (Wildman–Crippen MR) is 87.9 cm³/mol. The van der Waals surface area contributed by atoms with E-state index in [0.717, 1.165) is 36.7 Å². The van der Waals surface area contributed by atoms with E-state index < -0.39 is 0 Å². The molecule has 1 aliphatic rings. The molecule has 0 saturated carbocycles. The highest BCUT2D eigenvalue weighted by Crippen LogP contribution is 2.24. The Morgan fingerprint density at radius 2 is 2.42 bits per heavy atom. The Bertz CT molecular complexity index is 762. The van der Waals surface area contributed by atoms with E-state index in [2.05, 4.69) is 31.5 Å². The third-order valence-corrected chi connectivity index (χ3v) is 4.17. The van der Waals surface area contributed by atoms with Crippen LogP contribution in [0.3, 0.4) is 0 Å². The SMILES string of the molecule is Cc1nc(C2CCN(CC(=O)NCc3cccc(C#N)c3)C2)n[nH]1. The van der Waals surface area contributed by atoms with Gasteiger partial charge < -0.3 is 5.32 Å². The summed E-state index contributed by atoms with van der Waals surface area (Å²) >= 11 is 0. The number of aryl methyl sites for hydroxylation is 1. The van der Waals surface area contributed by atoms with Crippen molar-refractivity contribution in [1.82, 2.24) is 25.4 Å². The number of aromatic amines is 1. The number of amides is 1. The average molecular weight is 324 g/mol. The first-order chi connectivity index (χ1) is 11.6. The third-order valence-electron chi connectivity index (χ3n) is 4.17. The zero-order valence-electron chi connectivity index (χ0n) is 13.6. The fourth-order valence-electron chi connectivity index (χ4n) is 2.94. The summed E-state index contributed by atoms with van der Waals surface area (Å²) in [4.78, 5) is 18.6. The van der Waals surface area contributed by atoms with Crippen LogP contribution in [-0.4, -0.2) is 45.6 Å². The molecule has 7 heteroatoms. The lowest BCUT2D eigenvalue weighted by Gasteiger charge is -2.15. The van der Waals surface area contributed by atoms with Crippen molar-refractivity contribution >= 4 is 5.91 Å². The van der Waals surface area contributed by atoms with Crippen molar-refractivity contribution in [1.29, 1.82) is 5.26 Å². The number of nitrogens with one attached hydrogen (secondary N) is 2. The van der Waals surface area contributed by atoms with Crippen molar-refractivity contribution in [3.63, 3.8) is 0 Å². The second kappa shape index (κ2) is 7.23. The van der Waals surface area contributed by atoms with E-state index in [1.165, 1.54) is 0 Å². The second-order valence-corrected chi connectivity index (χ2v) is 6.09. The van der Waals surface area contributed by atoms with Gasteiger partial charge in [0.05, 0.1) is 18.2 Å². The van der Waals surface area contributed by atoms with Crippen LogP contribution in [-0.2, 0) is 11.3 Å². The molecule has 1 aliphatic heterocycles. The Morgan fingerprint density at radius 1 is 1.54 bits per heavy atom. The average Bonchev–Trinajstić information content (AvgIpc) is 3.22. The smallest absolute Gasteiger partial charge is 0.234 e. The molecule has 7 nitrogen and oxygen atoms in total. The quantitative estimate of drug-likeness (QED) is 0.858. The summed E-state index contributed by atoms with van der Waals surface area (Å²) in [7, 11) is 0. The molecule has 1 fully saturated rings. The van der Waals surface area contributed by atoms with Crippen LogP contribution in [0.15, 0.2) is 24.3 Å². The van der Waals surface area contributed by atoms with Crippen LogP contribution in [0.5, 0.6) is 0 Å². The fourth-order valence-corrected chi connectivity index (χ4v) is 2.94. The molecule has 24 heavy (non-hydrogen) atoms. The van der Waals surface area contributed by atoms with Gasteiger partial charge in [0.15, 0.2) is 5.82 Å². The van der Waals surface area contributed by atoms with E-state index in [0.29, 0.717) is 18.7 Å². The van der Waals surface area contributed by atoms with E-state index in [-0.39, 0.29) is 11.8 Å². The Kier molecular flexibility index (Phi) is 4.87. The standard InChI is InChI=1S/C17H20N6O/c1-12-20-17(22-21-12)15-5-6-23(10-15)11-16(24)19-9-14-4-2-3-13(7-14)8-18/h2-4,7,15H,5-6,9-11H2,1H3,(H,19,24)(H,20,21,22). The molecule has 1 aromatic carbocycles. The molecule has 0 spiro atoms. The number of rotatable bonds is 5. The zero-order chi connectivity index (χ0) is 16.9. The lowest BCUT2D eigenvalue weighted by molar-refractivity contribution is -0.122.